The van der Waals surface area contributed by atoms with Crippen LogP contribution in [-0.4, -0.2) is 44.3 Å². The minimum atomic E-state index is -4.16. The summed E-state index contributed by atoms with van der Waals surface area (Å²) in [5.41, 5.74) is 1.49. The molecule has 0 fully saturated rings. The van der Waals surface area contributed by atoms with Crippen LogP contribution in [0.15, 0.2) is 77.7 Å². The van der Waals surface area contributed by atoms with E-state index in [4.69, 9.17) is 23.2 Å². The van der Waals surface area contributed by atoms with Gasteiger partial charge in [-0.1, -0.05) is 66.5 Å². The number of sulfonamides is 1. The minimum absolute atomic E-state index is 0.0299. The molecule has 0 radical (unpaired) electrons. The van der Waals surface area contributed by atoms with E-state index < -0.39 is 28.5 Å². The standard InChI is InChI=1S/C28H31Cl2N3O4S/c1-4-16-31-28(35)21(3)32(18-22-10-8-11-23(29)17-22)27(34)19-33(26-15-9-14-25(30)20(26)2)38(36,37)24-12-6-5-7-13-24/h5-15,17,21H,4,16,18-19H2,1-3H3,(H,31,35). The number of hydrogen-bond donors (Lipinski definition) is 1. The maximum atomic E-state index is 13.9. The number of rotatable bonds is 11. The molecule has 0 bridgehead atoms. The number of nitrogens with one attached hydrogen (secondary N) is 1. The van der Waals surface area contributed by atoms with Gasteiger partial charge in [0.05, 0.1) is 10.6 Å². The number of nitrogens with zero attached hydrogens (tertiary/aromatic N) is 2. The molecule has 1 unspecified atom stereocenters. The molecule has 0 spiro atoms. The molecule has 1 atom stereocenters. The van der Waals surface area contributed by atoms with E-state index in [1.54, 1.807) is 74.5 Å². The van der Waals surface area contributed by atoms with Gasteiger partial charge in [0.2, 0.25) is 11.8 Å². The number of hydrogen-bond acceptors (Lipinski definition) is 4. The molecule has 3 rings (SSSR count). The van der Waals surface area contributed by atoms with E-state index in [-0.39, 0.29) is 23.0 Å². The van der Waals surface area contributed by atoms with Crippen molar-refractivity contribution in [2.24, 2.45) is 0 Å². The van der Waals surface area contributed by atoms with Crippen LogP contribution in [0, 0.1) is 6.92 Å². The van der Waals surface area contributed by atoms with Gasteiger partial charge in [0.25, 0.3) is 10.0 Å². The fourth-order valence-electron chi connectivity index (χ4n) is 3.91. The zero-order chi connectivity index (χ0) is 27.9. The number of carbonyl (C=O) groups is 2. The molecule has 3 aromatic carbocycles. The average Bonchev–Trinajstić information content (AvgIpc) is 2.90. The van der Waals surface area contributed by atoms with Crippen LogP contribution < -0.4 is 9.62 Å². The van der Waals surface area contributed by atoms with Crippen LogP contribution >= 0.6 is 23.2 Å². The lowest BCUT2D eigenvalue weighted by Crippen LogP contribution is -2.51. The Morgan fingerprint density at radius 1 is 0.974 bits per heavy atom. The zero-order valence-corrected chi connectivity index (χ0v) is 23.9. The summed E-state index contributed by atoms with van der Waals surface area (Å²) in [5.74, 6) is -0.887. The first kappa shape index (κ1) is 29.5. The fourth-order valence-corrected chi connectivity index (χ4v) is 5.78. The highest BCUT2D eigenvalue weighted by Gasteiger charge is 2.33. The van der Waals surface area contributed by atoms with E-state index in [0.717, 1.165) is 10.7 Å². The topological polar surface area (TPSA) is 86.8 Å². The summed E-state index contributed by atoms with van der Waals surface area (Å²) in [5, 5.41) is 3.67. The van der Waals surface area contributed by atoms with Crippen molar-refractivity contribution in [3.05, 3.63) is 94.0 Å². The molecule has 38 heavy (non-hydrogen) atoms. The molecule has 0 aromatic heterocycles. The van der Waals surface area contributed by atoms with Crippen molar-refractivity contribution in [2.75, 3.05) is 17.4 Å². The first-order valence-corrected chi connectivity index (χ1v) is 14.4. The Kier molecular flexibility index (Phi) is 10.2. The van der Waals surface area contributed by atoms with Crippen LogP contribution in [0.4, 0.5) is 5.69 Å². The van der Waals surface area contributed by atoms with Crippen molar-refractivity contribution in [3.63, 3.8) is 0 Å². The lowest BCUT2D eigenvalue weighted by molar-refractivity contribution is -0.139. The van der Waals surface area contributed by atoms with Crippen molar-refractivity contribution < 1.29 is 18.0 Å². The molecule has 0 aliphatic heterocycles. The average molecular weight is 577 g/mol. The van der Waals surface area contributed by atoms with E-state index >= 15 is 0 Å². The van der Waals surface area contributed by atoms with Crippen LogP contribution in [-0.2, 0) is 26.2 Å². The van der Waals surface area contributed by atoms with Crippen LogP contribution in [0.5, 0.6) is 0 Å². The van der Waals surface area contributed by atoms with E-state index in [1.165, 1.54) is 17.0 Å². The predicted octanol–water partition coefficient (Wildman–Crippen LogP) is 5.44. The van der Waals surface area contributed by atoms with Gasteiger partial charge in [0.15, 0.2) is 0 Å². The first-order chi connectivity index (χ1) is 18.1. The van der Waals surface area contributed by atoms with Gasteiger partial charge in [-0.3, -0.25) is 13.9 Å². The van der Waals surface area contributed by atoms with Gasteiger partial charge in [-0.25, -0.2) is 8.42 Å². The number of benzene rings is 3. The van der Waals surface area contributed by atoms with Gasteiger partial charge >= 0.3 is 0 Å². The number of anilines is 1. The second-order valence-electron chi connectivity index (χ2n) is 8.83. The van der Waals surface area contributed by atoms with Gasteiger partial charge in [-0.15, -0.1) is 0 Å². The summed E-state index contributed by atoms with van der Waals surface area (Å²) in [6.07, 6.45) is 0.734. The lowest BCUT2D eigenvalue weighted by Gasteiger charge is -2.32. The van der Waals surface area contributed by atoms with Crippen LogP contribution in [0.2, 0.25) is 10.0 Å². The lowest BCUT2D eigenvalue weighted by atomic mass is 10.1. The molecule has 0 saturated heterocycles. The largest absolute Gasteiger partial charge is 0.354 e. The molecule has 1 N–H and O–H groups in total. The van der Waals surface area contributed by atoms with Crippen molar-refractivity contribution in [3.8, 4) is 0 Å². The van der Waals surface area contributed by atoms with Gasteiger partial charge < -0.3 is 10.2 Å². The molecule has 7 nitrogen and oxygen atoms in total. The molecule has 0 aliphatic rings. The maximum Gasteiger partial charge on any atom is 0.264 e. The van der Waals surface area contributed by atoms with Crippen molar-refractivity contribution >= 4 is 50.7 Å². The smallest absolute Gasteiger partial charge is 0.264 e. The maximum absolute atomic E-state index is 13.9. The molecule has 3 aromatic rings. The van der Waals surface area contributed by atoms with Gasteiger partial charge in [0.1, 0.15) is 12.6 Å². The Morgan fingerprint density at radius 2 is 1.66 bits per heavy atom. The molecular weight excluding hydrogens is 545 g/mol. The van der Waals surface area contributed by atoms with Gasteiger partial charge in [-0.05, 0) is 67.8 Å². The monoisotopic (exact) mass is 575 g/mol. The second kappa shape index (κ2) is 13.1. The van der Waals surface area contributed by atoms with Gasteiger partial charge in [-0.2, -0.15) is 0 Å². The van der Waals surface area contributed by atoms with Gasteiger partial charge in [0, 0.05) is 23.1 Å². The Morgan fingerprint density at radius 3 is 2.32 bits per heavy atom. The fraction of sp³-hybridized carbons (Fsp3) is 0.286. The number of halogens is 2. The Balaban J connectivity index is 2.05. The van der Waals surface area contributed by atoms with Crippen LogP contribution in [0.25, 0.3) is 0 Å². The highest BCUT2D eigenvalue weighted by Crippen LogP contribution is 2.31. The summed E-state index contributed by atoms with van der Waals surface area (Å²) in [7, 11) is -4.16. The third-order valence-electron chi connectivity index (χ3n) is 6.08. The number of carbonyl (C=O) groups excluding carboxylic acids is 2. The minimum Gasteiger partial charge on any atom is -0.354 e. The normalized spacial score (nSPS) is 12.0. The second-order valence-corrected chi connectivity index (χ2v) is 11.5. The molecule has 0 saturated carbocycles. The number of amides is 2. The Hall–Kier alpha value is -3.07. The summed E-state index contributed by atoms with van der Waals surface area (Å²) >= 11 is 12.5. The summed E-state index contributed by atoms with van der Waals surface area (Å²) < 4.78 is 28.7. The summed E-state index contributed by atoms with van der Waals surface area (Å²) in [6.45, 7) is 5.23. The Labute approximate surface area is 234 Å². The summed E-state index contributed by atoms with van der Waals surface area (Å²) in [4.78, 5) is 28.2. The van der Waals surface area contributed by atoms with Crippen LogP contribution in [0.1, 0.15) is 31.4 Å². The first-order valence-electron chi connectivity index (χ1n) is 12.2. The van der Waals surface area contributed by atoms with Crippen molar-refractivity contribution in [2.45, 2.75) is 44.7 Å². The molecule has 0 aliphatic carbocycles. The molecular formula is C28H31Cl2N3O4S. The molecule has 0 heterocycles. The van der Waals surface area contributed by atoms with E-state index in [2.05, 4.69) is 5.32 Å². The SMILES string of the molecule is CCCNC(=O)C(C)N(Cc1cccc(Cl)c1)C(=O)CN(c1cccc(Cl)c1C)S(=O)(=O)c1ccccc1. The Bertz CT molecular complexity index is 1380. The van der Waals surface area contributed by atoms with E-state index in [1.807, 2.05) is 6.92 Å². The zero-order valence-electron chi connectivity index (χ0n) is 21.5. The third-order valence-corrected chi connectivity index (χ3v) is 8.49. The predicted molar refractivity (Wildman–Crippen MR) is 152 cm³/mol. The quantitative estimate of drug-likeness (QED) is 0.330. The van der Waals surface area contributed by atoms with E-state index in [9.17, 15) is 18.0 Å². The molecule has 10 heteroatoms. The highest BCUT2D eigenvalue weighted by molar-refractivity contribution is 7.92. The summed E-state index contributed by atoms with van der Waals surface area (Å²) in [6, 6.07) is 18.9. The van der Waals surface area contributed by atoms with E-state index in [0.29, 0.717) is 27.7 Å². The van der Waals surface area contributed by atoms with Crippen molar-refractivity contribution in [1.29, 1.82) is 0 Å². The van der Waals surface area contributed by atoms with Crippen molar-refractivity contribution in [1.82, 2.24) is 10.2 Å². The molecule has 2 amide bonds. The van der Waals surface area contributed by atoms with Crippen LogP contribution in [0.3, 0.4) is 0 Å². The molecule has 202 valence electrons. The third kappa shape index (κ3) is 7.07. The highest BCUT2D eigenvalue weighted by atomic mass is 35.5.